The van der Waals surface area contributed by atoms with Gasteiger partial charge in [-0.3, -0.25) is 19.0 Å². The van der Waals surface area contributed by atoms with E-state index in [1.807, 2.05) is 0 Å². The van der Waals surface area contributed by atoms with E-state index in [0.29, 0.717) is 20.3 Å². The Labute approximate surface area is 244 Å². The summed E-state index contributed by atoms with van der Waals surface area (Å²) in [5.74, 6) is -2.94. The molecule has 1 atom stereocenters. The van der Waals surface area contributed by atoms with Crippen LogP contribution in [0.2, 0.25) is 5.02 Å². The van der Waals surface area contributed by atoms with Crippen molar-refractivity contribution >= 4 is 29.4 Å². The number of ether oxygens (including phenoxy) is 1. The molecule has 0 aliphatic rings. The van der Waals surface area contributed by atoms with Gasteiger partial charge in [0, 0.05) is 23.7 Å². The number of amides is 2. The van der Waals surface area contributed by atoms with Crippen molar-refractivity contribution in [1.29, 1.82) is 0 Å². The Hall–Kier alpha value is -4.34. The average molecular weight is 636 g/mol. The number of nitrogens with zero attached hydrogens (tertiary/aromatic N) is 3. The number of aromatic nitrogens is 3. The number of alkyl halides is 6. The molecule has 0 aliphatic carbocycles. The van der Waals surface area contributed by atoms with Gasteiger partial charge in [-0.05, 0) is 42.0 Å². The van der Waals surface area contributed by atoms with Gasteiger partial charge >= 0.3 is 24.0 Å². The van der Waals surface area contributed by atoms with E-state index in [0.717, 1.165) is 25.3 Å². The van der Waals surface area contributed by atoms with E-state index in [-0.39, 0.29) is 29.9 Å². The Morgan fingerprint density at radius 1 is 1.05 bits per heavy atom. The number of methoxy groups -OCH3 is 1. The predicted octanol–water partition coefficient (Wildman–Crippen LogP) is 3.87. The molecule has 0 saturated carbocycles. The van der Waals surface area contributed by atoms with Crippen molar-refractivity contribution in [3.05, 3.63) is 75.2 Å². The topological polar surface area (TPSA) is 124 Å². The first-order chi connectivity index (χ1) is 20.1. The first-order valence-corrected chi connectivity index (χ1v) is 12.8. The highest BCUT2D eigenvalue weighted by Crippen LogP contribution is 2.31. The zero-order valence-corrected chi connectivity index (χ0v) is 23.0. The normalized spacial score (nSPS) is 12.5. The highest BCUT2D eigenvalue weighted by Gasteiger charge is 2.33. The van der Waals surface area contributed by atoms with Gasteiger partial charge < -0.3 is 15.4 Å². The second-order valence-electron chi connectivity index (χ2n) is 9.03. The molecular weight excluding hydrogens is 612 g/mol. The summed E-state index contributed by atoms with van der Waals surface area (Å²) in [4.78, 5) is 50.3. The van der Waals surface area contributed by atoms with Crippen LogP contribution in [0.3, 0.4) is 0 Å². The smallest absolute Gasteiger partial charge is 0.416 e. The van der Waals surface area contributed by atoms with Gasteiger partial charge in [0.2, 0.25) is 11.8 Å². The third kappa shape index (κ3) is 9.33. The maximum atomic E-state index is 13.3. The highest BCUT2D eigenvalue weighted by atomic mass is 35.5. The van der Waals surface area contributed by atoms with E-state index in [1.165, 1.54) is 24.3 Å². The minimum atomic E-state index is -4.78. The molecule has 0 spiro atoms. The molecule has 17 heteroatoms. The van der Waals surface area contributed by atoms with Crippen LogP contribution in [0.1, 0.15) is 30.0 Å². The Balaban J connectivity index is 1.92. The number of nitrogens with one attached hydrogen (secondary N) is 2. The number of hydrogen-bond donors (Lipinski definition) is 2. The van der Waals surface area contributed by atoms with E-state index in [9.17, 15) is 45.5 Å². The van der Waals surface area contributed by atoms with E-state index in [4.69, 9.17) is 11.6 Å². The molecule has 232 valence electrons. The summed E-state index contributed by atoms with van der Waals surface area (Å²) < 4.78 is 84.6. The number of carbonyl (C=O) groups is 3. The standard InChI is InChI=1S/C26H24ClF6N5O5/c1-43-20(40)9-11-34-23(41)21(16-3-2-4-17(13-16)26(31,32)33)35-19(39)14-38-24(42)37(12-10-25(28,29)30)22(36-38)15-5-7-18(27)8-6-15/h2-8,13,21H,9-12,14H2,1H3,(H,34,41)(H,35,39). The van der Waals surface area contributed by atoms with Crippen molar-refractivity contribution in [2.75, 3.05) is 13.7 Å². The third-order valence-corrected chi connectivity index (χ3v) is 6.16. The molecule has 1 unspecified atom stereocenters. The number of carbonyl (C=O) groups excluding carboxylic acids is 3. The van der Waals surface area contributed by atoms with Gasteiger partial charge in [-0.2, -0.15) is 26.3 Å². The molecule has 0 aliphatic heterocycles. The quantitative estimate of drug-likeness (QED) is 0.244. The van der Waals surface area contributed by atoms with Crippen molar-refractivity contribution in [2.45, 2.75) is 44.3 Å². The fraction of sp³-hybridized carbons (Fsp3) is 0.346. The van der Waals surface area contributed by atoms with Gasteiger partial charge in [-0.25, -0.2) is 9.48 Å². The Kier molecular flexibility index (Phi) is 10.6. The second kappa shape index (κ2) is 13.8. The SMILES string of the molecule is COC(=O)CCNC(=O)C(NC(=O)Cn1nc(-c2ccc(Cl)cc2)n(CCC(F)(F)F)c1=O)c1cccc(C(F)(F)F)c1. The van der Waals surface area contributed by atoms with Crippen LogP contribution in [0.5, 0.6) is 0 Å². The first kappa shape index (κ1) is 33.2. The molecule has 2 aromatic carbocycles. The Morgan fingerprint density at radius 2 is 1.72 bits per heavy atom. The summed E-state index contributed by atoms with van der Waals surface area (Å²) in [5, 5.41) is 8.84. The van der Waals surface area contributed by atoms with Crippen LogP contribution in [0.15, 0.2) is 53.3 Å². The number of rotatable bonds is 11. The molecule has 2 amide bonds. The highest BCUT2D eigenvalue weighted by molar-refractivity contribution is 6.30. The molecule has 2 N–H and O–H groups in total. The fourth-order valence-electron chi connectivity index (χ4n) is 3.83. The first-order valence-electron chi connectivity index (χ1n) is 12.4. The van der Waals surface area contributed by atoms with Gasteiger partial charge in [-0.1, -0.05) is 23.7 Å². The minimum Gasteiger partial charge on any atom is -0.469 e. The van der Waals surface area contributed by atoms with Gasteiger partial charge in [0.25, 0.3) is 0 Å². The maximum Gasteiger partial charge on any atom is 0.416 e. The van der Waals surface area contributed by atoms with Crippen LogP contribution in [0.4, 0.5) is 26.3 Å². The number of halogens is 7. The van der Waals surface area contributed by atoms with Gasteiger partial charge in [0.05, 0.1) is 25.5 Å². The van der Waals surface area contributed by atoms with Crippen LogP contribution in [0, 0.1) is 0 Å². The van der Waals surface area contributed by atoms with E-state index < -0.39 is 66.9 Å². The molecule has 0 fully saturated rings. The van der Waals surface area contributed by atoms with Gasteiger partial charge in [-0.15, -0.1) is 5.10 Å². The molecule has 43 heavy (non-hydrogen) atoms. The summed E-state index contributed by atoms with van der Waals surface area (Å²) in [6.07, 6.45) is -11.0. The van der Waals surface area contributed by atoms with Crippen molar-refractivity contribution in [3.8, 4) is 11.4 Å². The largest absolute Gasteiger partial charge is 0.469 e. The number of hydrogen-bond acceptors (Lipinski definition) is 6. The molecule has 1 heterocycles. The molecule has 1 aromatic heterocycles. The van der Waals surface area contributed by atoms with Crippen LogP contribution >= 0.6 is 11.6 Å². The summed E-state index contributed by atoms with van der Waals surface area (Å²) in [5.41, 5.74) is -2.25. The summed E-state index contributed by atoms with van der Waals surface area (Å²) in [6, 6.07) is 7.48. The minimum absolute atomic E-state index is 0.200. The molecular formula is C26H24ClF6N5O5. The molecule has 3 rings (SSSR count). The number of benzene rings is 2. The van der Waals surface area contributed by atoms with Gasteiger partial charge in [0.15, 0.2) is 5.82 Å². The van der Waals surface area contributed by atoms with Crippen LogP contribution in [-0.2, 0) is 38.4 Å². The lowest BCUT2D eigenvalue weighted by molar-refractivity contribution is -0.141. The maximum absolute atomic E-state index is 13.3. The zero-order valence-electron chi connectivity index (χ0n) is 22.3. The fourth-order valence-corrected chi connectivity index (χ4v) is 3.95. The molecule has 0 saturated heterocycles. The van der Waals surface area contributed by atoms with E-state index >= 15 is 0 Å². The molecule has 0 bridgehead atoms. The molecule has 3 aromatic rings. The third-order valence-electron chi connectivity index (χ3n) is 5.91. The van der Waals surface area contributed by atoms with Crippen molar-refractivity contribution in [2.24, 2.45) is 0 Å². The van der Waals surface area contributed by atoms with Crippen molar-refractivity contribution < 1.29 is 45.5 Å². The van der Waals surface area contributed by atoms with Crippen molar-refractivity contribution in [1.82, 2.24) is 25.0 Å². The summed E-state index contributed by atoms with van der Waals surface area (Å²) in [7, 11) is 1.11. The van der Waals surface area contributed by atoms with Gasteiger partial charge in [0.1, 0.15) is 12.6 Å². The average Bonchev–Trinajstić information content (AvgIpc) is 3.24. The zero-order chi connectivity index (χ0) is 31.9. The van der Waals surface area contributed by atoms with Crippen LogP contribution in [-0.4, -0.2) is 52.0 Å². The molecule has 0 radical (unpaired) electrons. The number of esters is 1. The lowest BCUT2D eigenvalue weighted by Gasteiger charge is -2.20. The van der Waals surface area contributed by atoms with Crippen LogP contribution in [0.25, 0.3) is 11.4 Å². The Bertz CT molecular complexity index is 1520. The van der Waals surface area contributed by atoms with Crippen LogP contribution < -0.4 is 16.3 Å². The lowest BCUT2D eigenvalue weighted by atomic mass is 10.0. The Morgan fingerprint density at radius 3 is 2.33 bits per heavy atom. The summed E-state index contributed by atoms with van der Waals surface area (Å²) in [6.45, 7) is -1.99. The monoisotopic (exact) mass is 635 g/mol. The predicted molar refractivity (Wildman–Crippen MR) is 140 cm³/mol. The second-order valence-corrected chi connectivity index (χ2v) is 9.46. The van der Waals surface area contributed by atoms with E-state index in [2.05, 4.69) is 20.5 Å². The van der Waals surface area contributed by atoms with E-state index in [1.54, 1.807) is 0 Å². The molecule has 10 nitrogen and oxygen atoms in total. The summed E-state index contributed by atoms with van der Waals surface area (Å²) >= 11 is 5.87. The lowest BCUT2D eigenvalue weighted by Crippen LogP contribution is -2.43. The van der Waals surface area contributed by atoms with Crippen molar-refractivity contribution in [3.63, 3.8) is 0 Å².